The van der Waals surface area contributed by atoms with Crippen molar-refractivity contribution in [2.24, 2.45) is 7.05 Å². The van der Waals surface area contributed by atoms with Crippen molar-refractivity contribution in [3.05, 3.63) is 48.3 Å². The molecule has 3 heterocycles. The van der Waals surface area contributed by atoms with Crippen LogP contribution in [-0.2, 0) is 11.8 Å². The van der Waals surface area contributed by atoms with Gasteiger partial charge in [0.15, 0.2) is 0 Å². The number of aryl methyl sites for hydroxylation is 1. The maximum absolute atomic E-state index is 9.62. The minimum atomic E-state index is 0.212. The van der Waals surface area contributed by atoms with Crippen LogP contribution in [0.25, 0.3) is 22.4 Å². The van der Waals surface area contributed by atoms with E-state index in [1.165, 1.54) is 0 Å². The Morgan fingerprint density at radius 1 is 1.16 bits per heavy atom. The second kappa shape index (κ2) is 10.3. The highest BCUT2D eigenvalue weighted by Gasteiger charge is 2.14. The van der Waals surface area contributed by atoms with E-state index in [0.717, 1.165) is 68.1 Å². The van der Waals surface area contributed by atoms with Crippen LogP contribution in [0.2, 0.25) is 0 Å². The van der Waals surface area contributed by atoms with Gasteiger partial charge in [0, 0.05) is 37.5 Å². The van der Waals surface area contributed by atoms with Crippen molar-refractivity contribution in [2.45, 2.75) is 12.8 Å². The Bertz CT molecular complexity index is 1080. The number of morpholine rings is 1. The fourth-order valence-corrected chi connectivity index (χ4v) is 3.79. The van der Waals surface area contributed by atoms with Crippen LogP contribution in [0.1, 0.15) is 18.4 Å². The molecule has 0 unspecified atom stereocenters. The average Bonchev–Trinajstić information content (AvgIpc) is 3.26. The summed E-state index contributed by atoms with van der Waals surface area (Å²) in [5.41, 5.74) is 9.64. The molecule has 0 bridgehead atoms. The summed E-state index contributed by atoms with van der Waals surface area (Å²) in [4.78, 5) is 6.83. The van der Waals surface area contributed by atoms with Gasteiger partial charge in [-0.25, -0.2) is 4.98 Å². The highest BCUT2D eigenvalue weighted by molar-refractivity contribution is 5.80. The SMILES string of the molecule is Cn1cc(-c2cc(-c3ccc(OCCCCN4CCOCC4)cc3)c(C#N)c(N)n2)cn1. The van der Waals surface area contributed by atoms with Crippen LogP contribution in [0.4, 0.5) is 5.82 Å². The van der Waals surface area contributed by atoms with Gasteiger partial charge in [0.25, 0.3) is 0 Å². The van der Waals surface area contributed by atoms with Gasteiger partial charge in [-0.1, -0.05) is 12.1 Å². The second-order valence-electron chi connectivity index (χ2n) is 7.86. The number of pyridine rings is 1. The van der Waals surface area contributed by atoms with Crippen LogP contribution in [0, 0.1) is 11.3 Å². The molecule has 0 saturated carbocycles. The fraction of sp³-hybridized carbons (Fsp3) is 0.375. The van der Waals surface area contributed by atoms with Crippen molar-refractivity contribution in [1.29, 1.82) is 5.26 Å². The predicted molar refractivity (Wildman–Crippen MR) is 123 cm³/mol. The number of anilines is 1. The molecule has 1 aromatic carbocycles. The van der Waals surface area contributed by atoms with Crippen molar-refractivity contribution < 1.29 is 9.47 Å². The summed E-state index contributed by atoms with van der Waals surface area (Å²) in [5.74, 6) is 1.03. The number of aromatic nitrogens is 3. The molecule has 3 aromatic rings. The molecular formula is C24H28N6O2. The van der Waals surface area contributed by atoms with Gasteiger partial charge in [0.2, 0.25) is 0 Å². The van der Waals surface area contributed by atoms with E-state index in [1.807, 2.05) is 43.6 Å². The number of unbranched alkanes of at least 4 members (excludes halogenated alkanes) is 1. The summed E-state index contributed by atoms with van der Waals surface area (Å²) in [5, 5.41) is 13.8. The Labute approximate surface area is 188 Å². The molecule has 4 rings (SSSR count). The number of ether oxygens (including phenoxy) is 2. The van der Waals surface area contributed by atoms with E-state index in [1.54, 1.807) is 10.9 Å². The summed E-state index contributed by atoms with van der Waals surface area (Å²) < 4.78 is 13.0. The molecule has 2 aromatic heterocycles. The number of nitriles is 1. The standard InChI is InChI=1S/C24H28N6O2/c1-29-17-19(16-27-29)23-14-21(22(15-25)24(26)28-23)18-4-6-20(7-5-18)32-11-3-2-8-30-9-12-31-13-10-30/h4-7,14,16-17H,2-3,8-13H2,1H3,(H2,26,28). The molecule has 1 saturated heterocycles. The third kappa shape index (κ3) is 5.25. The number of hydrogen-bond acceptors (Lipinski definition) is 7. The van der Waals surface area contributed by atoms with Gasteiger partial charge in [-0.2, -0.15) is 10.4 Å². The molecule has 0 amide bonds. The van der Waals surface area contributed by atoms with E-state index in [9.17, 15) is 5.26 Å². The van der Waals surface area contributed by atoms with Crippen molar-refractivity contribution in [3.8, 4) is 34.2 Å². The smallest absolute Gasteiger partial charge is 0.142 e. The molecule has 0 atom stereocenters. The Hall–Kier alpha value is -3.41. The van der Waals surface area contributed by atoms with Gasteiger partial charge in [-0.05, 0) is 43.1 Å². The Morgan fingerprint density at radius 3 is 2.62 bits per heavy atom. The predicted octanol–water partition coefficient (Wildman–Crippen LogP) is 3.09. The Balaban J connectivity index is 1.39. The highest BCUT2D eigenvalue weighted by Crippen LogP contribution is 2.32. The van der Waals surface area contributed by atoms with E-state index < -0.39 is 0 Å². The zero-order chi connectivity index (χ0) is 22.3. The molecule has 1 aliphatic rings. The third-order valence-corrected chi connectivity index (χ3v) is 5.57. The first-order valence-corrected chi connectivity index (χ1v) is 10.9. The summed E-state index contributed by atoms with van der Waals surface area (Å²) in [6.07, 6.45) is 5.71. The zero-order valence-electron chi connectivity index (χ0n) is 18.3. The number of benzene rings is 1. The monoisotopic (exact) mass is 432 g/mol. The number of nitrogen functional groups attached to an aromatic ring is 1. The minimum absolute atomic E-state index is 0.212. The lowest BCUT2D eigenvalue weighted by Gasteiger charge is -2.26. The summed E-state index contributed by atoms with van der Waals surface area (Å²) in [7, 11) is 1.85. The van der Waals surface area contributed by atoms with Crippen LogP contribution in [0.15, 0.2) is 42.7 Å². The molecule has 1 fully saturated rings. The average molecular weight is 433 g/mol. The molecule has 8 heteroatoms. The van der Waals surface area contributed by atoms with Gasteiger partial charge in [0.05, 0.1) is 31.7 Å². The molecule has 0 aliphatic carbocycles. The quantitative estimate of drug-likeness (QED) is 0.546. The van der Waals surface area contributed by atoms with E-state index in [4.69, 9.17) is 15.2 Å². The lowest BCUT2D eigenvalue weighted by Crippen LogP contribution is -2.36. The van der Waals surface area contributed by atoms with Gasteiger partial charge in [0.1, 0.15) is 23.2 Å². The molecule has 166 valence electrons. The zero-order valence-corrected chi connectivity index (χ0v) is 18.3. The van der Waals surface area contributed by atoms with E-state index in [0.29, 0.717) is 17.9 Å². The molecule has 1 aliphatic heterocycles. The van der Waals surface area contributed by atoms with Crippen LogP contribution >= 0.6 is 0 Å². The first-order valence-electron chi connectivity index (χ1n) is 10.9. The molecule has 2 N–H and O–H groups in total. The topological polar surface area (TPSA) is 102 Å². The molecule has 0 spiro atoms. The van der Waals surface area contributed by atoms with E-state index >= 15 is 0 Å². The van der Waals surface area contributed by atoms with Gasteiger partial charge >= 0.3 is 0 Å². The number of nitrogens with two attached hydrogens (primary N) is 1. The Kier molecular flexibility index (Phi) is 7.00. The van der Waals surface area contributed by atoms with Crippen LogP contribution in [0.3, 0.4) is 0 Å². The number of nitrogens with zero attached hydrogens (tertiary/aromatic N) is 5. The molecule has 8 nitrogen and oxygen atoms in total. The van der Waals surface area contributed by atoms with Crippen molar-refractivity contribution >= 4 is 5.82 Å². The number of rotatable bonds is 8. The molecule has 32 heavy (non-hydrogen) atoms. The Morgan fingerprint density at radius 2 is 1.94 bits per heavy atom. The lowest BCUT2D eigenvalue weighted by molar-refractivity contribution is 0.0368. The van der Waals surface area contributed by atoms with Gasteiger partial charge < -0.3 is 15.2 Å². The first kappa shape index (κ1) is 21.8. The first-order chi connectivity index (χ1) is 15.6. The van der Waals surface area contributed by atoms with Crippen LogP contribution < -0.4 is 10.5 Å². The van der Waals surface area contributed by atoms with Crippen LogP contribution in [0.5, 0.6) is 5.75 Å². The summed E-state index contributed by atoms with van der Waals surface area (Å²) in [6.45, 7) is 5.49. The largest absolute Gasteiger partial charge is 0.494 e. The van der Waals surface area contributed by atoms with E-state index in [-0.39, 0.29) is 5.82 Å². The second-order valence-corrected chi connectivity index (χ2v) is 7.86. The van der Waals surface area contributed by atoms with Crippen molar-refractivity contribution in [2.75, 3.05) is 45.2 Å². The normalized spacial score (nSPS) is 14.2. The van der Waals surface area contributed by atoms with E-state index in [2.05, 4.69) is 21.1 Å². The number of hydrogen-bond donors (Lipinski definition) is 1. The molecule has 0 radical (unpaired) electrons. The lowest BCUT2D eigenvalue weighted by atomic mass is 9.99. The van der Waals surface area contributed by atoms with Crippen LogP contribution in [-0.4, -0.2) is 59.1 Å². The van der Waals surface area contributed by atoms with Gasteiger partial charge in [-0.3, -0.25) is 9.58 Å². The molecular weight excluding hydrogens is 404 g/mol. The van der Waals surface area contributed by atoms with Gasteiger partial charge in [-0.15, -0.1) is 0 Å². The summed E-state index contributed by atoms with van der Waals surface area (Å²) in [6, 6.07) is 11.8. The van der Waals surface area contributed by atoms with Crippen molar-refractivity contribution in [3.63, 3.8) is 0 Å². The highest BCUT2D eigenvalue weighted by atomic mass is 16.5. The van der Waals surface area contributed by atoms with Crippen molar-refractivity contribution in [1.82, 2.24) is 19.7 Å². The third-order valence-electron chi connectivity index (χ3n) is 5.57. The maximum Gasteiger partial charge on any atom is 0.142 e. The minimum Gasteiger partial charge on any atom is -0.494 e. The maximum atomic E-state index is 9.62. The fourth-order valence-electron chi connectivity index (χ4n) is 3.79. The summed E-state index contributed by atoms with van der Waals surface area (Å²) >= 11 is 0.